The van der Waals surface area contributed by atoms with Gasteiger partial charge in [0.2, 0.25) is 0 Å². The van der Waals surface area contributed by atoms with Gasteiger partial charge in [-0.25, -0.2) is 10.1 Å². The average molecular weight is 417 g/mol. The van der Waals surface area contributed by atoms with E-state index in [0.717, 1.165) is 4.68 Å². The van der Waals surface area contributed by atoms with E-state index in [1.165, 1.54) is 25.4 Å². The maximum absolute atomic E-state index is 12.5. The molecule has 4 aromatic rings. The van der Waals surface area contributed by atoms with Gasteiger partial charge in [0.25, 0.3) is 17.2 Å². The number of carbonyl (C=O) groups is 1. The van der Waals surface area contributed by atoms with E-state index < -0.39 is 10.8 Å². The minimum absolute atomic E-state index is 0.0145. The van der Waals surface area contributed by atoms with Gasteiger partial charge < -0.3 is 4.42 Å². The highest BCUT2D eigenvalue weighted by Crippen LogP contribution is 2.24. The Balaban J connectivity index is 1.50. The number of amides is 1. The largest absolute Gasteiger partial charge is 0.455 e. The lowest BCUT2D eigenvalue weighted by Gasteiger charge is -2.06. The second-order valence-electron chi connectivity index (χ2n) is 6.53. The van der Waals surface area contributed by atoms with Gasteiger partial charge in [0.15, 0.2) is 5.69 Å². The zero-order valence-electron chi connectivity index (χ0n) is 16.2. The molecule has 0 aliphatic carbocycles. The Kier molecular flexibility index (Phi) is 5.10. The molecule has 31 heavy (non-hydrogen) atoms. The van der Waals surface area contributed by atoms with Crippen LogP contribution in [0.2, 0.25) is 0 Å². The van der Waals surface area contributed by atoms with Crippen molar-refractivity contribution in [2.75, 3.05) is 0 Å². The van der Waals surface area contributed by atoms with E-state index >= 15 is 0 Å². The Hall–Kier alpha value is -4.60. The summed E-state index contributed by atoms with van der Waals surface area (Å²) in [7, 11) is 1.47. The van der Waals surface area contributed by atoms with Crippen LogP contribution in [0.5, 0.6) is 0 Å². The van der Waals surface area contributed by atoms with Crippen LogP contribution < -0.4 is 11.0 Å². The van der Waals surface area contributed by atoms with Gasteiger partial charge in [0.05, 0.1) is 16.5 Å². The standard InChI is InChI=1S/C21H15N5O5/c1-25-21(28)17-5-3-2-4-16(17)19(24-25)20(27)23-22-12-15-10-11-18(31-15)13-6-8-14(9-7-13)26(29)30/h2-12H,1H3,(H,23,27)/b22-12+. The number of nitrogens with zero attached hydrogens (tertiary/aromatic N) is 4. The number of rotatable bonds is 5. The van der Waals surface area contributed by atoms with E-state index in [4.69, 9.17) is 4.42 Å². The molecule has 154 valence electrons. The molecule has 0 aliphatic heterocycles. The van der Waals surface area contributed by atoms with Crippen molar-refractivity contribution in [2.24, 2.45) is 12.1 Å². The van der Waals surface area contributed by atoms with Crippen molar-refractivity contribution in [3.63, 3.8) is 0 Å². The summed E-state index contributed by atoms with van der Waals surface area (Å²) in [6.45, 7) is 0. The Bertz CT molecular complexity index is 1390. The van der Waals surface area contributed by atoms with Gasteiger partial charge >= 0.3 is 0 Å². The molecule has 0 saturated carbocycles. The van der Waals surface area contributed by atoms with Crippen molar-refractivity contribution < 1.29 is 14.1 Å². The predicted octanol–water partition coefficient (Wildman–Crippen LogP) is 2.87. The fourth-order valence-corrected chi connectivity index (χ4v) is 3.00. The van der Waals surface area contributed by atoms with Crippen LogP contribution in [0.25, 0.3) is 22.1 Å². The Morgan fingerprint density at radius 1 is 1.13 bits per heavy atom. The molecule has 10 nitrogen and oxygen atoms in total. The second kappa shape index (κ2) is 8.03. The van der Waals surface area contributed by atoms with Gasteiger partial charge in [-0.15, -0.1) is 0 Å². The lowest BCUT2D eigenvalue weighted by molar-refractivity contribution is -0.384. The first kappa shape index (κ1) is 19.7. The summed E-state index contributed by atoms with van der Waals surface area (Å²) >= 11 is 0. The molecule has 10 heteroatoms. The van der Waals surface area contributed by atoms with E-state index in [0.29, 0.717) is 27.9 Å². The van der Waals surface area contributed by atoms with Crippen LogP contribution in [0.4, 0.5) is 5.69 Å². The summed E-state index contributed by atoms with van der Waals surface area (Å²) in [5.74, 6) is 0.283. The SMILES string of the molecule is Cn1nc(C(=O)N/N=C/c2ccc(-c3ccc([N+](=O)[O-])cc3)o2)c2ccccc2c1=O. The molecule has 0 radical (unpaired) electrons. The summed E-state index contributed by atoms with van der Waals surface area (Å²) in [6, 6.07) is 16.0. The number of nitrogens with one attached hydrogen (secondary N) is 1. The fraction of sp³-hybridized carbons (Fsp3) is 0.0476. The first-order valence-electron chi connectivity index (χ1n) is 9.08. The molecule has 0 unspecified atom stereocenters. The molecule has 0 spiro atoms. The third kappa shape index (κ3) is 3.94. The zero-order chi connectivity index (χ0) is 22.0. The summed E-state index contributed by atoms with van der Waals surface area (Å²) < 4.78 is 6.73. The normalized spacial score (nSPS) is 11.1. The number of carbonyl (C=O) groups excluding carboxylic acids is 1. The van der Waals surface area contributed by atoms with Crippen molar-refractivity contribution in [2.45, 2.75) is 0 Å². The zero-order valence-corrected chi connectivity index (χ0v) is 16.2. The van der Waals surface area contributed by atoms with Crippen molar-refractivity contribution in [1.29, 1.82) is 0 Å². The van der Waals surface area contributed by atoms with Crippen LogP contribution in [0.3, 0.4) is 0 Å². The maximum atomic E-state index is 12.5. The number of nitro benzene ring substituents is 1. The lowest BCUT2D eigenvalue weighted by atomic mass is 10.1. The smallest absolute Gasteiger partial charge is 0.292 e. The van der Waals surface area contributed by atoms with Crippen LogP contribution in [-0.2, 0) is 7.05 Å². The number of hydrazone groups is 1. The molecule has 0 fully saturated rings. The third-order valence-corrected chi connectivity index (χ3v) is 4.52. The first-order chi connectivity index (χ1) is 14.9. The van der Waals surface area contributed by atoms with E-state index in [2.05, 4.69) is 15.6 Å². The van der Waals surface area contributed by atoms with E-state index in [-0.39, 0.29) is 16.9 Å². The topological polar surface area (TPSA) is 133 Å². The number of non-ortho nitro benzene ring substituents is 1. The Labute approximate surface area is 174 Å². The van der Waals surface area contributed by atoms with Crippen LogP contribution in [0.1, 0.15) is 16.2 Å². The fourth-order valence-electron chi connectivity index (χ4n) is 3.00. The Morgan fingerprint density at radius 2 is 1.84 bits per heavy atom. The number of hydrogen-bond acceptors (Lipinski definition) is 7. The van der Waals surface area contributed by atoms with Crippen molar-refractivity contribution >= 4 is 28.6 Å². The van der Waals surface area contributed by atoms with Crippen molar-refractivity contribution in [3.05, 3.63) is 92.6 Å². The molecule has 2 heterocycles. The van der Waals surface area contributed by atoms with Crippen LogP contribution in [0, 0.1) is 10.1 Å². The highest BCUT2D eigenvalue weighted by atomic mass is 16.6. The number of benzene rings is 2. The number of fused-ring (bicyclic) bond motifs is 1. The quantitative estimate of drug-likeness (QED) is 0.302. The number of aryl methyl sites for hydroxylation is 1. The van der Waals surface area contributed by atoms with Crippen LogP contribution in [-0.4, -0.2) is 26.8 Å². The van der Waals surface area contributed by atoms with Gasteiger partial charge in [-0.3, -0.25) is 19.7 Å². The molecular formula is C21H15N5O5. The van der Waals surface area contributed by atoms with Crippen molar-refractivity contribution in [3.8, 4) is 11.3 Å². The molecule has 2 aromatic heterocycles. The van der Waals surface area contributed by atoms with Gasteiger partial charge in [-0.2, -0.15) is 10.2 Å². The molecule has 0 aliphatic rings. The number of nitro groups is 1. The summed E-state index contributed by atoms with van der Waals surface area (Å²) in [6.07, 6.45) is 1.32. The average Bonchev–Trinajstić information content (AvgIpc) is 3.25. The number of hydrogen-bond donors (Lipinski definition) is 1. The third-order valence-electron chi connectivity index (χ3n) is 4.52. The molecular weight excluding hydrogens is 402 g/mol. The van der Waals surface area contributed by atoms with Gasteiger partial charge in [-0.05, 0) is 30.3 Å². The molecule has 0 saturated heterocycles. The molecule has 0 atom stereocenters. The summed E-state index contributed by atoms with van der Waals surface area (Å²) in [5.41, 5.74) is 2.79. The predicted molar refractivity (Wildman–Crippen MR) is 113 cm³/mol. The lowest BCUT2D eigenvalue weighted by Crippen LogP contribution is -2.27. The highest BCUT2D eigenvalue weighted by molar-refractivity contribution is 6.04. The van der Waals surface area contributed by atoms with Gasteiger partial charge in [0.1, 0.15) is 11.5 Å². The molecule has 1 N–H and O–H groups in total. The summed E-state index contributed by atoms with van der Waals surface area (Å²) in [4.78, 5) is 35.0. The maximum Gasteiger partial charge on any atom is 0.292 e. The number of furan rings is 1. The second-order valence-corrected chi connectivity index (χ2v) is 6.53. The molecule has 1 amide bonds. The van der Waals surface area contributed by atoms with Crippen molar-refractivity contribution in [1.82, 2.24) is 15.2 Å². The molecule has 0 bridgehead atoms. The highest BCUT2D eigenvalue weighted by Gasteiger charge is 2.15. The first-order valence-corrected chi connectivity index (χ1v) is 9.08. The van der Waals surface area contributed by atoms with Crippen LogP contribution >= 0.6 is 0 Å². The monoisotopic (exact) mass is 417 g/mol. The van der Waals surface area contributed by atoms with E-state index in [1.54, 1.807) is 48.5 Å². The van der Waals surface area contributed by atoms with E-state index in [9.17, 15) is 19.7 Å². The minimum atomic E-state index is -0.579. The Morgan fingerprint density at radius 3 is 2.55 bits per heavy atom. The van der Waals surface area contributed by atoms with E-state index in [1.807, 2.05) is 0 Å². The molecule has 4 rings (SSSR count). The summed E-state index contributed by atoms with van der Waals surface area (Å²) in [5, 5.41) is 19.5. The van der Waals surface area contributed by atoms with Crippen LogP contribution in [0.15, 0.2) is 75.0 Å². The van der Waals surface area contributed by atoms with Gasteiger partial charge in [0, 0.05) is 30.1 Å². The number of aromatic nitrogens is 2. The minimum Gasteiger partial charge on any atom is -0.455 e. The van der Waals surface area contributed by atoms with Gasteiger partial charge in [-0.1, -0.05) is 18.2 Å². The molecule has 2 aromatic carbocycles.